The number of benzene rings is 2. The molecule has 0 bridgehead atoms. The van der Waals surface area contributed by atoms with Crippen LogP contribution in [0.25, 0.3) is 10.1 Å². The van der Waals surface area contributed by atoms with Crippen LogP contribution in [0.5, 0.6) is 0 Å². The van der Waals surface area contributed by atoms with Crippen molar-refractivity contribution in [1.82, 2.24) is 0 Å². The van der Waals surface area contributed by atoms with Crippen LogP contribution in [0.4, 0.5) is 22.6 Å². The predicted octanol–water partition coefficient (Wildman–Crippen LogP) is 4.89. The second-order valence-electron chi connectivity index (χ2n) is 6.02. The fourth-order valence-corrected chi connectivity index (χ4v) is 5.44. The lowest BCUT2D eigenvalue weighted by Gasteiger charge is -2.23. The maximum absolute atomic E-state index is 14.4. The molecule has 0 aliphatic rings. The number of fused-ring (bicyclic) bond motifs is 1. The number of carbonyl (C=O) groups is 1. The number of anilines is 1. The van der Waals surface area contributed by atoms with Crippen LogP contribution in [0.3, 0.4) is 0 Å². The molecule has 1 N–H and O–H groups in total. The molecule has 0 amide bonds. The molecule has 0 unspecified atom stereocenters. The Kier molecular flexibility index (Phi) is 5.54. The van der Waals surface area contributed by atoms with Gasteiger partial charge in [0.05, 0.1) is 12.0 Å². The second-order valence-corrected chi connectivity index (χ2v) is 8.91. The molecule has 0 atom stereocenters. The predicted molar refractivity (Wildman–Crippen MR) is 100 cm³/mol. The third-order valence-electron chi connectivity index (χ3n) is 4.00. The zero-order valence-electron chi connectivity index (χ0n) is 14.5. The zero-order chi connectivity index (χ0) is 21.4. The van der Waals surface area contributed by atoms with Gasteiger partial charge < -0.3 is 5.11 Å². The van der Waals surface area contributed by atoms with E-state index in [9.17, 15) is 30.8 Å². The van der Waals surface area contributed by atoms with Crippen molar-refractivity contribution in [2.24, 2.45) is 0 Å². The van der Waals surface area contributed by atoms with Gasteiger partial charge in [0.15, 0.2) is 0 Å². The summed E-state index contributed by atoms with van der Waals surface area (Å²) < 4.78 is 79.9. The Morgan fingerprint density at radius 3 is 2.38 bits per heavy atom. The van der Waals surface area contributed by atoms with Gasteiger partial charge in [-0.05, 0) is 35.7 Å². The molecule has 2 aromatic carbocycles. The highest BCUT2D eigenvalue weighted by Crippen LogP contribution is 2.37. The number of thiophene rings is 1. The van der Waals surface area contributed by atoms with Gasteiger partial charge in [0.2, 0.25) is 0 Å². The molecular weight excluding hydrogens is 434 g/mol. The number of carboxylic acids is 1. The third-order valence-corrected chi connectivity index (χ3v) is 7.10. The monoisotopic (exact) mass is 447 g/mol. The van der Waals surface area contributed by atoms with E-state index in [-0.39, 0.29) is 5.00 Å². The van der Waals surface area contributed by atoms with Crippen molar-refractivity contribution >= 4 is 42.4 Å². The Balaban J connectivity index is 2.10. The van der Waals surface area contributed by atoms with E-state index in [4.69, 9.17) is 5.11 Å². The number of hydrogen-bond acceptors (Lipinski definition) is 4. The first-order valence-corrected chi connectivity index (χ1v) is 10.4. The molecule has 0 aliphatic carbocycles. The number of hydrogen-bond donors (Lipinski definition) is 1. The van der Waals surface area contributed by atoms with Gasteiger partial charge in [-0.3, -0.25) is 4.31 Å². The van der Waals surface area contributed by atoms with E-state index in [2.05, 4.69) is 0 Å². The maximum atomic E-state index is 14.4. The minimum absolute atomic E-state index is 0.00263. The molecule has 1 heterocycles. The van der Waals surface area contributed by atoms with Gasteiger partial charge >= 0.3 is 12.1 Å². The first kappa shape index (κ1) is 21.1. The highest BCUT2D eigenvalue weighted by atomic mass is 32.2. The van der Waals surface area contributed by atoms with Gasteiger partial charge in [-0.1, -0.05) is 18.2 Å². The normalized spacial score (nSPS) is 12.3. The zero-order valence-corrected chi connectivity index (χ0v) is 16.1. The van der Waals surface area contributed by atoms with Crippen LogP contribution in [-0.4, -0.2) is 32.2 Å². The van der Waals surface area contributed by atoms with E-state index in [1.807, 2.05) is 0 Å². The Hall–Kier alpha value is -2.66. The second kappa shape index (κ2) is 7.64. The highest BCUT2D eigenvalue weighted by Gasteiger charge is 2.34. The van der Waals surface area contributed by atoms with Crippen LogP contribution in [-0.2, 0) is 10.0 Å². The molecule has 1 aromatic heterocycles. The molecule has 3 rings (SSSR count). The van der Waals surface area contributed by atoms with Crippen LogP contribution < -0.4 is 4.31 Å². The van der Waals surface area contributed by atoms with E-state index >= 15 is 0 Å². The number of aromatic carboxylic acids is 1. The first-order chi connectivity index (χ1) is 13.5. The first-order valence-electron chi connectivity index (χ1n) is 8.10. The summed E-state index contributed by atoms with van der Waals surface area (Å²) >= 11 is 0.954. The summed E-state index contributed by atoms with van der Waals surface area (Å²) in [6.45, 7) is -0.946. The minimum atomic E-state index is -4.72. The number of nitrogens with zero attached hydrogens (tertiary/aromatic N) is 1. The molecule has 0 saturated carbocycles. The average Bonchev–Trinajstić information content (AvgIpc) is 3.03. The molecule has 154 valence electrons. The summed E-state index contributed by atoms with van der Waals surface area (Å²) in [5.74, 6) is -2.82. The molecule has 0 saturated heterocycles. The smallest absolute Gasteiger partial charge is 0.390 e. The number of sulfonamides is 1. The van der Waals surface area contributed by atoms with E-state index in [1.54, 1.807) is 24.3 Å². The molecular formula is C18H13F4NO4S2. The minimum Gasteiger partial charge on any atom is -0.478 e. The number of alkyl halides is 3. The number of halogens is 4. The SMILES string of the molecule is O=C(O)c1ccc(S(=O)(=O)N(CCC(F)(F)F)c2cc3ccccc3s2)c(F)c1. The van der Waals surface area contributed by atoms with Gasteiger partial charge in [-0.25, -0.2) is 17.6 Å². The standard InChI is InChI=1S/C18H13F4NO4S2/c19-13-9-12(17(24)25)5-6-15(13)29(26,27)23(8-7-18(20,21)22)16-10-11-3-1-2-4-14(11)28-16/h1-6,9-10H,7-8H2,(H,24,25). The molecule has 11 heteroatoms. The summed E-state index contributed by atoms with van der Waals surface area (Å²) in [5.41, 5.74) is -0.481. The quantitative estimate of drug-likeness (QED) is 0.546. The third kappa shape index (κ3) is 4.51. The molecule has 0 aliphatic heterocycles. The lowest BCUT2D eigenvalue weighted by molar-refractivity contribution is -0.131. The van der Waals surface area contributed by atoms with Gasteiger partial charge in [-0.15, -0.1) is 11.3 Å². The molecule has 0 spiro atoms. The van der Waals surface area contributed by atoms with E-state index in [0.717, 1.165) is 23.5 Å². The van der Waals surface area contributed by atoms with Crippen molar-refractivity contribution < 1.29 is 35.9 Å². The average molecular weight is 447 g/mol. The van der Waals surface area contributed by atoms with Crippen LogP contribution in [0.15, 0.2) is 53.4 Å². The largest absolute Gasteiger partial charge is 0.478 e. The Morgan fingerprint density at radius 2 is 1.79 bits per heavy atom. The molecule has 29 heavy (non-hydrogen) atoms. The topological polar surface area (TPSA) is 74.7 Å². The fourth-order valence-electron chi connectivity index (χ4n) is 2.63. The lowest BCUT2D eigenvalue weighted by atomic mass is 10.2. The lowest BCUT2D eigenvalue weighted by Crippen LogP contribution is -2.34. The van der Waals surface area contributed by atoms with Gasteiger partial charge in [0, 0.05) is 11.2 Å². The highest BCUT2D eigenvalue weighted by molar-refractivity contribution is 7.93. The summed E-state index contributed by atoms with van der Waals surface area (Å²) in [5, 5.41) is 9.52. The Labute approximate surface area is 166 Å². The Morgan fingerprint density at radius 1 is 1.10 bits per heavy atom. The maximum Gasteiger partial charge on any atom is 0.390 e. The van der Waals surface area contributed by atoms with Gasteiger partial charge in [-0.2, -0.15) is 13.2 Å². The van der Waals surface area contributed by atoms with Crippen LogP contribution in [0, 0.1) is 5.82 Å². The van der Waals surface area contributed by atoms with Gasteiger partial charge in [0.25, 0.3) is 10.0 Å². The van der Waals surface area contributed by atoms with Crippen molar-refractivity contribution in [3.05, 3.63) is 59.9 Å². The van der Waals surface area contributed by atoms with Crippen molar-refractivity contribution in [2.45, 2.75) is 17.5 Å². The Bertz CT molecular complexity index is 1140. The molecule has 0 fully saturated rings. The van der Waals surface area contributed by atoms with Crippen LogP contribution in [0.2, 0.25) is 0 Å². The number of rotatable bonds is 6. The van der Waals surface area contributed by atoms with Gasteiger partial charge in [0.1, 0.15) is 15.7 Å². The summed E-state index contributed by atoms with van der Waals surface area (Å²) in [6.07, 6.45) is -6.06. The van der Waals surface area contributed by atoms with Crippen molar-refractivity contribution in [1.29, 1.82) is 0 Å². The summed E-state index contributed by atoms with van der Waals surface area (Å²) in [4.78, 5) is 10.0. The molecule has 0 radical (unpaired) electrons. The van der Waals surface area contributed by atoms with Crippen molar-refractivity contribution in [3.63, 3.8) is 0 Å². The fraction of sp³-hybridized carbons (Fsp3) is 0.167. The van der Waals surface area contributed by atoms with E-state index < -0.39 is 51.4 Å². The summed E-state index contributed by atoms with van der Waals surface area (Å²) in [6, 6.07) is 10.3. The van der Waals surface area contributed by atoms with E-state index in [0.29, 0.717) is 20.5 Å². The van der Waals surface area contributed by atoms with Crippen molar-refractivity contribution in [3.8, 4) is 0 Å². The van der Waals surface area contributed by atoms with Crippen LogP contribution in [0.1, 0.15) is 16.8 Å². The molecule has 5 nitrogen and oxygen atoms in total. The number of carboxylic acid groups (broad SMARTS) is 1. The molecule has 3 aromatic rings. The van der Waals surface area contributed by atoms with Crippen molar-refractivity contribution in [2.75, 3.05) is 10.8 Å². The van der Waals surface area contributed by atoms with Crippen LogP contribution >= 0.6 is 11.3 Å². The summed E-state index contributed by atoms with van der Waals surface area (Å²) in [7, 11) is -4.72. The van der Waals surface area contributed by atoms with E-state index in [1.165, 1.54) is 6.07 Å².